The first-order chi connectivity index (χ1) is 12.5. The van der Waals surface area contributed by atoms with Crippen LogP contribution in [0.25, 0.3) is 0 Å². The van der Waals surface area contributed by atoms with Gasteiger partial charge in [0.25, 0.3) is 0 Å². The van der Waals surface area contributed by atoms with Gasteiger partial charge in [0, 0.05) is 26.9 Å². The summed E-state index contributed by atoms with van der Waals surface area (Å²) in [5.41, 5.74) is 2.29. The van der Waals surface area contributed by atoms with Crippen LogP contribution in [0.1, 0.15) is 11.1 Å². The van der Waals surface area contributed by atoms with Gasteiger partial charge in [0.2, 0.25) is 0 Å². The molecule has 0 fully saturated rings. The monoisotopic (exact) mass is 410 g/mol. The Bertz CT molecular complexity index is 853. The Labute approximate surface area is 165 Å². The summed E-state index contributed by atoms with van der Waals surface area (Å²) < 4.78 is 10.6. The Hall–Kier alpha value is -1.89. The van der Waals surface area contributed by atoms with Crippen molar-refractivity contribution < 1.29 is 14.3 Å². The second-order valence-electron chi connectivity index (χ2n) is 5.43. The Balaban J connectivity index is 1.92. The summed E-state index contributed by atoms with van der Waals surface area (Å²) in [5.74, 6) is 1.72. The molecule has 0 radical (unpaired) electrons. The molecular formula is C18H16Cl2N2O3S. The van der Waals surface area contributed by atoms with Gasteiger partial charge < -0.3 is 9.47 Å². The van der Waals surface area contributed by atoms with Gasteiger partial charge in [-0.2, -0.15) is 5.10 Å². The van der Waals surface area contributed by atoms with E-state index in [0.717, 1.165) is 11.3 Å². The summed E-state index contributed by atoms with van der Waals surface area (Å²) in [5, 5.41) is 6.75. The van der Waals surface area contributed by atoms with Crippen LogP contribution in [-0.2, 0) is 6.54 Å². The Morgan fingerprint density at radius 3 is 2.46 bits per heavy atom. The van der Waals surface area contributed by atoms with Crippen molar-refractivity contribution in [3.63, 3.8) is 0 Å². The first-order valence-corrected chi connectivity index (χ1v) is 9.44. The molecule has 5 nitrogen and oxygen atoms in total. The van der Waals surface area contributed by atoms with Crippen LogP contribution in [0.2, 0.25) is 10.0 Å². The van der Waals surface area contributed by atoms with E-state index in [1.165, 1.54) is 16.8 Å². The number of carbonyl (C=O) groups is 1. The van der Waals surface area contributed by atoms with Crippen molar-refractivity contribution in [1.82, 2.24) is 5.01 Å². The first-order valence-electron chi connectivity index (χ1n) is 7.70. The number of rotatable bonds is 5. The van der Waals surface area contributed by atoms with Gasteiger partial charge in [0.1, 0.15) is 0 Å². The number of halogens is 2. The van der Waals surface area contributed by atoms with Gasteiger partial charge in [-0.1, -0.05) is 41.0 Å². The molecule has 136 valence electrons. The van der Waals surface area contributed by atoms with E-state index in [0.29, 0.717) is 32.9 Å². The number of nitrogens with zero attached hydrogens (tertiary/aromatic N) is 2. The minimum atomic E-state index is -0.148. The molecule has 0 spiro atoms. The molecule has 0 N–H and O–H groups in total. The highest BCUT2D eigenvalue weighted by Gasteiger charge is 2.24. The van der Waals surface area contributed by atoms with E-state index < -0.39 is 0 Å². The van der Waals surface area contributed by atoms with Crippen LogP contribution in [0.5, 0.6) is 11.5 Å². The van der Waals surface area contributed by atoms with Crippen molar-refractivity contribution >= 4 is 45.9 Å². The lowest BCUT2D eigenvalue weighted by Crippen LogP contribution is -2.29. The van der Waals surface area contributed by atoms with E-state index in [1.807, 2.05) is 18.2 Å². The molecule has 0 aliphatic carbocycles. The van der Waals surface area contributed by atoms with Gasteiger partial charge in [-0.15, -0.1) is 0 Å². The highest BCUT2D eigenvalue weighted by molar-refractivity contribution is 8.14. The van der Waals surface area contributed by atoms with Gasteiger partial charge in [0.15, 0.2) is 11.5 Å². The maximum absolute atomic E-state index is 12.3. The highest BCUT2D eigenvalue weighted by Crippen LogP contribution is 2.31. The summed E-state index contributed by atoms with van der Waals surface area (Å²) in [7, 11) is 3.16. The van der Waals surface area contributed by atoms with Crippen molar-refractivity contribution in [3.05, 3.63) is 57.6 Å². The van der Waals surface area contributed by atoms with Crippen LogP contribution < -0.4 is 9.47 Å². The van der Waals surface area contributed by atoms with Crippen LogP contribution >= 0.6 is 35.0 Å². The highest BCUT2D eigenvalue weighted by atomic mass is 35.5. The molecule has 1 heterocycles. The Morgan fingerprint density at radius 1 is 1.12 bits per heavy atom. The fraction of sp³-hybridized carbons (Fsp3) is 0.222. The lowest BCUT2D eigenvalue weighted by atomic mass is 10.1. The first kappa shape index (κ1) is 18.9. The van der Waals surface area contributed by atoms with Crippen molar-refractivity contribution in [1.29, 1.82) is 0 Å². The predicted octanol–water partition coefficient (Wildman–Crippen LogP) is 5.08. The number of amides is 1. The smallest absolute Gasteiger partial charge is 0.302 e. The standard InChI is InChI=1S/C18H16Cl2N2O3S/c1-24-16-7-6-11(8-17(16)25-2)15-10-26-18(23)22(21-15)9-12-13(19)4-3-5-14(12)20/h3-8H,9-10H2,1-2H3. The molecule has 2 aromatic rings. The minimum Gasteiger partial charge on any atom is -0.493 e. The Kier molecular flexibility index (Phi) is 5.96. The average Bonchev–Trinajstić information content (AvgIpc) is 2.65. The summed E-state index contributed by atoms with van der Waals surface area (Å²) in [6.45, 7) is 0.209. The average molecular weight is 411 g/mol. The van der Waals surface area contributed by atoms with Crippen LogP contribution in [-0.4, -0.2) is 35.9 Å². The van der Waals surface area contributed by atoms with Crippen LogP contribution in [0.3, 0.4) is 0 Å². The van der Waals surface area contributed by atoms with E-state index in [4.69, 9.17) is 32.7 Å². The fourth-order valence-corrected chi connectivity index (χ4v) is 3.77. The molecule has 2 aromatic carbocycles. The molecule has 1 aliphatic heterocycles. The quantitative estimate of drug-likeness (QED) is 0.688. The third-order valence-corrected chi connectivity index (χ3v) is 5.45. The van der Waals surface area contributed by atoms with Crippen LogP contribution in [0, 0.1) is 0 Å². The molecule has 1 amide bonds. The van der Waals surface area contributed by atoms with E-state index in [1.54, 1.807) is 32.4 Å². The van der Waals surface area contributed by atoms with Gasteiger partial charge in [0.05, 0.1) is 26.5 Å². The molecule has 0 unspecified atom stereocenters. The number of hydrogen-bond donors (Lipinski definition) is 0. The zero-order chi connectivity index (χ0) is 18.7. The third kappa shape index (κ3) is 3.92. The molecular weight excluding hydrogens is 395 g/mol. The van der Waals surface area contributed by atoms with Crippen molar-refractivity contribution in [2.45, 2.75) is 6.54 Å². The largest absolute Gasteiger partial charge is 0.493 e. The zero-order valence-corrected chi connectivity index (χ0v) is 16.5. The summed E-state index contributed by atoms with van der Waals surface area (Å²) in [6, 6.07) is 10.8. The van der Waals surface area contributed by atoms with Gasteiger partial charge in [-0.3, -0.25) is 4.79 Å². The normalized spacial score (nSPS) is 14.2. The van der Waals surface area contributed by atoms with Crippen LogP contribution in [0.4, 0.5) is 4.79 Å². The molecule has 0 saturated heterocycles. The summed E-state index contributed by atoms with van der Waals surface area (Å²) >= 11 is 13.6. The SMILES string of the molecule is COc1ccc(C2=NN(Cc3c(Cl)cccc3Cl)C(=O)SC2)cc1OC. The summed E-state index contributed by atoms with van der Waals surface area (Å²) in [4.78, 5) is 12.3. The zero-order valence-electron chi connectivity index (χ0n) is 14.2. The van der Waals surface area contributed by atoms with Crippen molar-refractivity contribution in [2.24, 2.45) is 5.10 Å². The molecule has 3 rings (SSSR count). The van der Waals surface area contributed by atoms with E-state index >= 15 is 0 Å². The maximum atomic E-state index is 12.3. The van der Waals surface area contributed by atoms with E-state index in [9.17, 15) is 4.79 Å². The molecule has 0 bridgehead atoms. The number of carbonyl (C=O) groups excluding carboxylic acids is 1. The minimum absolute atomic E-state index is 0.148. The van der Waals surface area contributed by atoms with Gasteiger partial charge >= 0.3 is 5.24 Å². The predicted molar refractivity (Wildman–Crippen MR) is 106 cm³/mol. The molecule has 26 heavy (non-hydrogen) atoms. The van der Waals surface area contributed by atoms with E-state index in [-0.39, 0.29) is 11.8 Å². The lowest BCUT2D eigenvalue weighted by molar-refractivity contribution is 0.222. The van der Waals surface area contributed by atoms with Gasteiger partial charge in [-0.25, -0.2) is 5.01 Å². The molecule has 1 aliphatic rings. The lowest BCUT2D eigenvalue weighted by Gasteiger charge is -2.24. The summed E-state index contributed by atoms with van der Waals surface area (Å²) in [6.07, 6.45) is 0. The van der Waals surface area contributed by atoms with Crippen molar-refractivity contribution in [2.75, 3.05) is 20.0 Å². The number of benzene rings is 2. The van der Waals surface area contributed by atoms with Gasteiger partial charge in [-0.05, 0) is 30.3 Å². The number of hydrogen-bond acceptors (Lipinski definition) is 5. The van der Waals surface area contributed by atoms with E-state index in [2.05, 4.69) is 5.10 Å². The molecule has 0 atom stereocenters. The van der Waals surface area contributed by atoms with Crippen LogP contribution in [0.15, 0.2) is 41.5 Å². The number of methoxy groups -OCH3 is 2. The number of ether oxygens (including phenoxy) is 2. The fourth-order valence-electron chi connectivity index (χ4n) is 2.51. The molecule has 0 saturated carbocycles. The topological polar surface area (TPSA) is 51.1 Å². The molecule has 0 aromatic heterocycles. The Morgan fingerprint density at radius 2 is 1.81 bits per heavy atom. The second-order valence-corrected chi connectivity index (χ2v) is 7.17. The number of thioether (sulfide) groups is 1. The third-order valence-electron chi connectivity index (χ3n) is 3.87. The van der Waals surface area contributed by atoms with Crippen molar-refractivity contribution in [3.8, 4) is 11.5 Å². The second kappa shape index (κ2) is 8.20. The number of hydrazone groups is 1. The molecule has 8 heteroatoms. The maximum Gasteiger partial charge on any atom is 0.302 e.